The number of fused-ring (bicyclic) bond motifs is 3. The van der Waals surface area contributed by atoms with Gasteiger partial charge in [0.15, 0.2) is 0 Å². The van der Waals surface area contributed by atoms with Crippen molar-refractivity contribution in [3.8, 4) is 0 Å². The quantitative estimate of drug-likeness (QED) is 0.474. The number of nitrogens with zero attached hydrogens (tertiary/aromatic N) is 3. The summed E-state index contributed by atoms with van der Waals surface area (Å²) in [7, 11) is 1.78. The van der Waals surface area contributed by atoms with Gasteiger partial charge < -0.3 is 0 Å². The number of nitro benzene ring substituents is 1. The Kier molecular flexibility index (Phi) is 1.89. The topological polar surface area (TPSA) is 61.0 Å². The minimum Gasteiger partial charge on any atom is -0.268 e. The van der Waals surface area contributed by atoms with Crippen molar-refractivity contribution in [1.29, 1.82) is 0 Å². The van der Waals surface area contributed by atoms with E-state index in [4.69, 9.17) is 0 Å². The van der Waals surface area contributed by atoms with E-state index in [1.807, 2.05) is 12.1 Å². The third kappa shape index (κ3) is 1.29. The fourth-order valence-corrected chi connectivity index (χ4v) is 2.13. The molecule has 5 heteroatoms. The first-order chi connectivity index (χ1) is 8.18. The van der Waals surface area contributed by atoms with Crippen molar-refractivity contribution in [3.05, 3.63) is 46.6 Å². The van der Waals surface area contributed by atoms with Crippen LogP contribution in [0.1, 0.15) is 0 Å². The van der Waals surface area contributed by atoms with Gasteiger partial charge in [-0.3, -0.25) is 14.8 Å². The van der Waals surface area contributed by atoms with E-state index in [1.165, 1.54) is 0 Å². The lowest BCUT2D eigenvalue weighted by Gasteiger charge is -2.01. The summed E-state index contributed by atoms with van der Waals surface area (Å²) < 4.78 is 1.65. The molecule has 1 heterocycles. The molecular weight excluding hydrogens is 218 g/mol. The van der Waals surface area contributed by atoms with E-state index in [2.05, 4.69) is 5.10 Å². The highest BCUT2D eigenvalue weighted by Crippen LogP contribution is 2.32. The fourth-order valence-electron chi connectivity index (χ4n) is 2.13. The smallest absolute Gasteiger partial charge is 0.268 e. The summed E-state index contributed by atoms with van der Waals surface area (Å²) in [6.07, 6.45) is 1.74. The molecule has 3 rings (SSSR count). The molecule has 0 saturated carbocycles. The van der Waals surface area contributed by atoms with Crippen LogP contribution in [0.15, 0.2) is 36.5 Å². The molecule has 0 radical (unpaired) electrons. The summed E-state index contributed by atoms with van der Waals surface area (Å²) in [6.45, 7) is 0. The molecule has 0 spiro atoms. The van der Waals surface area contributed by atoms with Crippen LogP contribution < -0.4 is 0 Å². The predicted molar refractivity (Wildman–Crippen MR) is 64.9 cm³/mol. The average Bonchev–Trinajstić information content (AvgIpc) is 2.70. The molecule has 0 saturated heterocycles. The van der Waals surface area contributed by atoms with Crippen LogP contribution in [0.5, 0.6) is 0 Å². The third-order valence-electron chi connectivity index (χ3n) is 2.95. The Labute approximate surface area is 96.4 Å². The van der Waals surface area contributed by atoms with Crippen molar-refractivity contribution in [2.45, 2.75) is 0 Å². The molecule has 3 aromatic rings. The number of aryl methyl sites for hydroxylation is 1. The van der Waals surface area contributed by atoms with Crippen LogP contribution >= 0.6 is 0 Å². The highest BCUT2D eigenvalue weighted by atomic mass is 16.6. The Bertz CT molecular complexity index is 746. The highest BCUT2D eigenvalue weighted by molar-refractivity contribution is 6.10. The second kappa shape index (κ2) is 3.28. The van der Waals surface area contributed by atoms with E-state index in [9.17, 15) is 10.1 Å². The van der Waals surface area contributed by atoms with Crippen LogP contribution in [0.3, 0.4) is 0 Å². The van der Waals surface area contributed by atoms with Gasteiger partial charge in [-0.25, -0.2) is 0 Å². The number of aromatic nitrogens is 2. The number of hydrogen-bond donors (Lipinski definition) is 0. The van der Waals surface area contributed by atoms with E-state index in [-0.39, 0.29) is 10.6 Å². The molecular formula is C12H9N3O2. The molecule has 1 aromatic heterocycles. The lowest BCUT2D eigenvalue weighted by molar-refractivity contribution is -0.383. The lowest BCUT2D eigenvalue weighted by Crippen LogP contribution is -1.93. The lowest BCUT2D eigenvalue weighted by atomic mass is 10.1. The number of rotatable bonds is 1. The molecule has 17 heavy (non-hydrogen) atoms. The molecule has 0 aliphatic rings. The Morgan fingerprint density at radius 1 is 1.24 bits per heavy atom. The Morgan fingerprint density at radius 3 is 2.65 bits per heavy atom. The third-order valence-corrected chi connectivity index (χ3v) is 2.95. The molecule has 5 nitrogen and oxygen atoms in total. The Hall–Kier alpha value is -2.43. The standard InChI is InChI=1S/C12H9N3O2/c1-14-11-6-12(15(16)17)9-5-3-2-4-8(9)10(11)7-13-14/h2-7H,1H3. The Balaban J connectivity index is 2.60. The monoisotopic (exact) mass is 227 g/mol. The summed E-state index contributed by atoms with van der Waals surface area (Å²) in [6, 6.07) is 8.90. The van der Waals surface area contributed by atoms with Crippen LogP contribution in [0, 0.1) is 10.1 Å². The fraction of sp³-hybridized carbons (Fsp3) is 0.0833. The van der Waals surface area contributed by atoms with Gasteiger partial charge in [0.1, 0.15) is 0 Å². The molecule has 0 aliphatic carbocycles. The first kappa shape index (κ1) is 9.77. The van der Waals surface area contributed by atoms with Gasteiger partial charge in [0.05, 0.1) is 22.0 Å². The van der Waals surface area contributed by atoms with Gasteiger partial charge in [-0.15, -0.1) is 0 Å². The molecule has 2 aromatic carbocycles. The summed E-state index contributed by atoms with van der Waals surface area (Å²) >= 11 is 0. The second-order valence-corrected chi connectivity index (χ2v) is 3.90. The molecule has 0 fully saturated rings. The number of hydrogen-bond acceptors (Lipinski definition) is 3. The van der Waals surface area contributed by atoms with Gasteiger partial charge in [0.2, 0.25) is 0 Å². The van der Waals surface area contributed by atoms with E-state index in [0.717, 1.165) is 16.3 Å². The van der Waals surface area contributed by atoms with Crippen LogP contribution in [0.2, 0.25) is 0 Å². The van der Waals surface area contributed by atoms with E-state index < -0.39 is 0 Å². The summed E-state index contributed by atoms with van der Waals surface area (Å²) in [4.78, 5) is 10.7. The zero-order chi connectivity index (χ0) is 12.0. The normalized spacial score (nSPS) is 11.1. The predicted octanol–water partition coefficient (Wildman–Crippen LogP) is 2.63. The SMILES string of the molecule is Cn1ncc2c3ccccc3c([N+](=O)[O-])cc21. The van der Waals surface area contributed by atoms with Gasteiger partial charge in [0.25, 0.3) is 5.69 Å². The molecule has 0 unspecified atom stereocenters. The Morgan fingerprint density at radius 2 is 1.94 bits per heavy atom. The van der Waals surface area contributed by atoms with Crippen molar-refractivity contribution < 1.29 is 4.92 Å². The van der Waals surface area contributed by atoms with E-state index in [0.29, 0.717) is 5.39 Å². The minimum absolute atomic E-state index is 0.122. The maximum absolute atomic E-state index is 11.1. The van der Waals surface area contributed by atoms with Crippen molar-refractivity contribution in [2.75, 3.05) is 0 Å². The molecule has 0 N–H and O–H groups in total. The van der Waals surface area contributed by atoms with Crippen molar-refractivity contribution in [2.24, 2.45) is 7.05 Å². The zero-order valence-electron chi connectivity index (χ0n) is 9.12. The van der Waals surface area contributed by atoms with Crippen LogP contribution in [0.4, 0.5) is 5.69 Å². The number of benzene rings is 2. The van der Waals surface area contributed by atoms with E-state index >= 15 is 0 Å². The van der Waals surface area contributed by atoms with Crippen molar-refractivity contribution in [3.63, 3.8) is 0 Å². The minimum atomic E-state index is -0.352. The molecule has 0 aliphatic heterocycles. The van der Waals surface area contributed by atoms with Crippen molar-refractivity contribution in [1.82, 2.24) is 9.78 Å². The molecule has 0 bridgehead atoms. The van der Waals surface area contributed by atoms with Crippen LogP contribution in [-0.2, 0) is 7.05 Å². The molecule has 84 valence electrons. The maximum atomic E-state index is 11.1. The van der Waals surface area contributed by atoms with Gasteiger partial charge in [-0.05, 0) is 11.5 Å². The van der Waals surface area contributed by atoms with Gasteiger partial charge in [-0.2, -0.15) is 5.10 Å². The van der Waals surface area contributed by atoms with Crippen LogP contribution in [-0.4, -0.2) is 14.7 Å². The summed E-state index contributed by atoms with van der Waals surface area (Å²) in [5, 5.41) is 17.7. The summed E-state index contributed by atoms with van der Waals surface area (Å²) in [5.74, 6) is 0. The molecule has 0 amide bonds. The first-order valence-corrected chi connectivity index (χ1v) is 5.16. The summed E-state index contributed by atoms with van der Waals surface area (Å²) in [5.41, 5.74) is 0.895. The largest absolute Gasteiger partial charge is 0.279 e. The number of non-ortho nitro benzene ring substituents is 1. The number of nitro groups is 1. The van der Waals surface area contributed by atoms with Crippen LogP contribution in [0.25, 0.3) is 21.7 Å². The maximum Gasteiger partial charge on any atom is 0.279 e. The first-order valence-electron chi connectivity index (χ1n) is 5.16. The van der Waals surface area contributed by atoms with Gasteiger partial charge >= 0.3 is 0 Å². The van der Waals surface area contributed by atoms with E-state index in [1.54, 1.807) is 36.1 Å². The highest BCUT2D eigenvalue weighted by Gasteiger charge is 2.16. The molecule has 0 atom stereocenters. The van der Waals surface area contributed by atoms with Gasteiger partial charge in [0, 0.05) is 18.5 Å². The zero-order valence-corrected chi connectivity index (χ0v) is 9.12. The van der Waals surface area contributed by atoms with Gasteiger partial charge in [-0.1, -0.05) is 18.2 Å². The van der Waals surface area contributed by atoms with Crippen molar-refractivity contribution >= 4 is 27.4 Å². The average molecular weight is 227 g/mol. The second-order valence-electron chi connectivity index (χ2n) is 3.90.